The van der Waals surface area contributed by atoms with Gasteiger partial charge in [0.2, 0.25) is 0 Å². The van der Waals surface area contributed by atoms with Crippen molar-refractivity contribution in [3.63, 3.8) is 0 Å². The molecule has 0 fully saturated rings. The molecule has 0 aromatic carbocycles. The van der Waals surface area contributed by atoms with Crippen LogP contribution in [0.2, 0.25) is 0 Å². The van der Waals surface area contributed by atoms with Crippen LogP contribution in [0.3, 0.4) is 0 Å². The topological polar surface area (TPSA) is 111 Å². The van der Waals surface area contributed by atoms with Crippen LogP contribution >= 0.6 is 0 Å². The Morgan fingerprint density at radius 1 is 0.536 bits per heavy atom. The fraction of sp³-hybridized carbons (Fsp3) is 0.809. The molecule has 9 nitrogen and oxygen atoms in total. The van der Waals surface area contributed by atoms with Crippen molar-refractivity contribution in [1.29, 1.82) is 0 Å². The lowest BCUT2D eigenvalue weighted by molar-refractivity contribution is -0.870. The molecule has 326 valence electrons. The van der Waals surface area contributed by atoms with Gasteiger partial charge in [-0.05, 0) is 51.4 Å². The number of nitrogens with zero attached hydrogens (tertiary/aromatic N) is 1. The zero-order chi connectivity index (χ0) is 41.4. The van der Waals surface area contributed by atoms with Gasteiger partial charge in [-0.3, -0.25) is 9.59 Å². The van der Waals surface area contributed by atoms with E-state index in [-0.39, 0.29) is 32.2 Å². The number of hydrogen-bond acceptors (Lipinski definition) is 8. The molecule has 0 spiro atoms. The first-order valence-corrected chi connectivity index (χ1v) is 22.6. The molecule has 2 unspecified atom stereocenters. The van der Waals surface area contributed by atoms with Crippen LogP contribution in [0.1, 0.15) is 187 Å². The van der Waals surface area contributed by atoms with Gasteiger partial charge in [0.05, 0.1) is 40.3 Å². The Morgan fingerprint density at radius 2 is 0.964 bits per heavy atom. The summed E-state index contributed by atoms with van der Waals surface area (Å²) in [4.78, 5) is 36.8. The van der Waals surface area contributed by atoms with Crippen LogP contribution in [-0.2, 0) is 33.3 Å². The highest BCUT2D eigenvalue weighted by atomic mass is 16.7. The number of allylic oxidation sites excluding steroid dienone is 6. The van der Waals surface area contributed by atoms with Crippen molar-refractivity contribution in [2.75, 3.05) is 47.5 Å². The van der Waals surface area contributed by atoms with Gasteiger partial charge < -0.3 is 33.3 Å². The summed E-state index contributed by atoms with van der Waals surface area (Å²) in [6.07, 6.45) is 40.5. The van der Waals surface area contributed by atoms with Crippen molar-refractivity contribution in [1.82, 2.24) is 0 Å². The number of aliphatic carboxylic acids is 1. The van der Waals surface area contributed by atoms with Crippen LogP contribution < -0.4 is 5.11 Å². The summed E-state index contributed by atoms with van der Waals surface area (Å²) in [5.74, 6) is -2.30. The Hall–Kier alpha value is -2.49. The molecular weight excluding hydrogens is 707 g/mol. The molecule has 0 bridgehead atoms. The lowest BCUT2D eigenvalue weighted by Gasteiger charge is -2.26. The van der Waals surface area contributed by atoms with Crippen molar-refractivity contribution >= 4 is 17.9 Å². The van der Waals surface area contributed by atoms with Gasteiger partial charge in [-0.1, -0.05) is 159 Å². The van der Waals surface area contributed by atoms with Crippen LogP contribution in [0, 0.1) is 0 Å². The first-order valence-electron chi connectivity index (χ1n) is 22.6. The summed E-state index contributed by atoms with van der Waals surface area (Å²) in [7, 11) is 5.90. The maximum Gasteiger partial charge on any atom is 0.306 e. The van der Waals surface area contributed by atoms with Crippen molar-refractivity contribution in [3.8, 4) is 0 Å². The molecule has 2 atom stereocenters. The van der Waals surface area contributed by atoms with E-state index in [9.17, 15) is 19.5 Å². The van der Waals surface area contributed by atoms with Crippen LogP contribution in [0.4, 0.5) is 0 Å². The van der Waals surface area contributed by atoms with Gasteiger partial charge in [-0.15, -0.1) is 0 Å². The number of carbonyl (C=O) groups is 3. The number of esters is 2. The van der Waals surface area contributed by atoms with E-state index in [1.54, 1.807) is 0 Å². The number of carboxylic acids is 1. The van der Waals surface area contributed by atoms with Crippen LogP contribution in [0.5, 0.6) is 0 Å². The van der Waals surface area contributed by atoms with Gasteiger partial charge in [-0.25, -0.2) is 0 Å². The molecule has 0 saturated heterocycles. The van der Waals surface area contributed by atoms with Crippen LogP contribution in [-0.4, -0.2) is 82.3 Å². The van der Waals surface area contributed by atoms with Crippen LogP contribution in [0.25, 0.3) is 0 Å². The van der Waals surface area contributed by atoms with E-state index in [0.29, 0.717) is 23.9 Å². The van der Waals surface area contributed by atoms with E-state index < -0.39 is 24.3 Å². The molecule has 0 radical (unpaired) electrons. The Balaban J connectivity index is 4.31. The molecule has 0 heterocycles. The maximum atomic E-state index is 12.7. The molecule has 0 saturated carbocycles. The number of likely N-dealkylation sites (N-methyl/N-ethyl adjacent to an activating group) is 1. The number of carboxylic acid groups (broad SMARTS) is 1. The number of rotatable bonds is 41. The van der Waals surface area contributed by atoms with Crippen LogP contribution in [0.15, 0.2) is 36.5 Å². The first-order chi connectivity index (χ1) is 27.1. The number of quaternary nitrogens is 1. The molecule has 0 aromatic rings. The molecule has 0 N–H and O–H groups in total. The fourth-order valence-electron chi connectivity index (χ4n) is 6.07. The number of carbonyl (C=O) groups excluding carboxylic acids is 3. The standard InChI is InChI=1S/C47H85NO8/c1-6-8-10-12-14-16-17-18-19-20-21-22-23-24-25-26-27-28-29-30-32-34-36-38-45(50)56-43(42-55-47(46(51)52)53-40-39-48(3,4)5)41-54-44(49)37-35-33-31-15-13-11-9-7-2/h17-18,20-21,23-24,43,47H,6-16,19,22,25-42H2,1-5H3/b18-17-,21-20-,24-23-. The Kier molecular flexibility index (Phi) is 37.6. The predicted octanol–water partition coefficient (Wildman–Crippen LogP) is 10.5. The summed E-state index contributed by atoms with van der Waals surface area (Å²) >= 11 is 0. The number of ether oxygens (including phenoxy) is 4. The lowest BCUT2D eigenvalue weighted by Crippen LogP contribution is -2.44. The van der Waals surface area contributed by atoms with E-state index in [4.69, 9.17) is 18.9 Å². The van der Waals surface area contributed by atoms with E-state index >= 15 is 0 Å². The SMILES string of the molecule is CCCCCCC/C=C\C/C=C\C/C=C\CCCCCCCCCCC(=O)OC(COC(=O)CCCCCCCCCC)COC(OCC[N+](C)(C)C)C(=O)[O-]. The third kappa shape index (κ3) is 39.7. The normalized spacial score (nSPS) is 13.2. The highest BCUT2D eigenvalue weighted by Gasteiger charge is 2.21. The highest BCUT2D eigenvalue weighted by molar-refractivity contribution is 5.70. The second kappa shape index (κ2) is 39.3. The molecule has 0 aromatic heterocycles. The number of hydrogen-bond donors (Lipinski definition) is 0. The molecule has 56 heavy (non-hydrogen) atoms. The molecule has 0 amide bonds. The fourth-order valence-corrected chi connectivity index (χ4v) is 6.07. The minimum absolute atomic E-state index is 0.146. The summed E-state index contributed by atoms with van der Waals surface area (Å²) in [6.45, 7) is 4.68. The zero-order valence-electron chi connectivity index (χ0n) is 36.8. The van der Waals surface area contributed by atoms with Gasteiger partial charge in [0.25, 0.3) is 0 Å². The molecular formula is C47H85NO8. The second-order valence-electron chi connectivity index (χ2n) is 16.3. The van der Waals surface area contributed by atoms with Gasteiger partial charge >= 0.3 is 11.9 Å². The molecule has 0 aliphatic heterocycles. The van der Waals surface area contributed by atoms with E-state index in [1.807, 2.05) is 21.1 Å². The van der Waals surface area contributed by atoms with Gasteiger partial charge in [0, 0.05) is 12.8 Å². The van der Waals surface area contributed by atoms with Crippen molar-refractivity contribution in [2.45, 2.75) is 200 Å². The second-order valence-corrected chi connectivity index (χ2v) is 16.3. The molecule has 9 heteroatoms. The van der Waals surface area contributed by atoms with Gasteiger partial charge in [0.1, 0.15) is 13.2 Å². The van der Waals surface area contributed by atoms with E-state index in [0.717, 1.165) is 57.8 Å². The summed E-state index contributed by atoms with van der Waals surface area (Å²) < 4.78 is 22.5. The summed E-state index contributed by atoms with van der Waals surface area (Å²) in [5, 5.41) is 11.7. The zero-order valence-corrected chi connectivity index (χ0v) is 36.8. The highest BCUT2D eigenvalue weighted by Crippen LogP contribution is 2.14. The van der Waals surface area contributed by atoms with Crippen molar-refractivity contribution < 1.29 is 42.9 Å². The molecule has 0 aliphatic rings. The predicted molar refractivity (Wildman–Crippen MR) is 228 cm³/mol. The first kappa shape index (κ1) is 53.5. The van der Waals surface area contributed by atoms with Gasteiger partial charge in [0.15, 0.2) is 12.4 Å². The average Bonchev–Trinajstić information content (AvgIpc) is 3.15. The maximum absolute atomic E-state index is 12.7. The third-order valence-electron chi connectivity index (χ3n) is 9.64. The average molecular weight is 792 g/mol. The Labute approximate surface area is 343 Å². The summed E-state index contributed by atoms with van der Waals surface area (Å²) in [5.41, 5.74) is 0. The lowest BCUT2D eigenvalue weighted by atomic mass is 10.1. The Bertz CT molecular complexity index is 1020. The Morgan fingerprint density at radius 3 is 1.43 bits per heavy atom. The van der Waals surface area contributed by atoms with E-state index in [1.165, 1.54) is 96.3 Å². The van der Waals surface area contributed by atoms with E-state index in [2.05, 4.69) is 50.3 Å². The van der Waals surface area contributed by atoms with Gasteiger partial charge in [-0.2, -0.15) is 0 Å². The summed E-state index contributed by atoms with van der Waals surface area (Å²) in [6, 6.07) is 0. The molecule has 0 rings (SSSR count). The quantitative estimate of drug-likeness (QED) is 0.0198. The minimum Gasteiger partial charge on any atom is -0.545 e. The van der Waals surface area contributed by atoms with Crippen molar-refractivity contribution in [2.24, 2.45) is 0 Å². The third-order valence-corrected chi connectivity index (χ3v) is 9.64. The monoisotopic (exact) mass is 792 g/mol. The minimum atomic E-state index is -1.62. The smallest absolute Gasteiger partial charge is 0.306 e. The molecule has 0 aliphatic carbocycles. The largest absolute Gasteiger partial charge is 0.545 e. The van der Waals surface area contributed by atoms with Crippen molar-refractivity contribution in [3.05, 3.63) is 36.5 Å². The number of unbranched alkanes of at least 4 members (excludes halogenated alkanes) is 20.